The molecule has 0 saturated carbocycles. The number of hydrogen-bond acceptors (Lipinski definition) is 5. The predicted octanol–water partition coefficient (Wildman–Crippen LogP) is 4.95. The lowest BCUT2D eigenvalue weighted by Crippen LogP contribution is -2.18. The molecule has 0 spiro atoms. The van der Waals surface area contributed by atoms with Gasteiger partial charge in [-0.2, -0.15) is 0 Å². The second kappa shape index (κ2) is 9.23. The summed E-state index contributed by atoms with van der Waals surface area (Å²) in [5.74, 6) is -0.260. The van der Waals surface area contributed by atoms with Crippen molar-refractivity contribution in [3.63, 3.8) is 0 Å². The summed E-state index contributed by atoms with van der Waals surface area (Å²) in [5.41, 5.74) is 1.33. The lowest BCUT2D eigenvalue weighted by Gasteiger charge is -2.10. The van der Waals surface area contributed by atoms with E-state index < -0.39 is 0 Å². The van der Waals surface area contributed by atoms with Crippen molar-refractivity contribution in [3.8, 4) is 0 Å². The number of nitrogens with one attached hydrogen (secondary N) is 2. The maximum atomic E-state index is 12.7. The highest BCUT2D eigenvalue weighted by Crippen LogP contribution is 2.28. The Labute approximate surface area is 168 Å². The molecule has 0 unspecified atom stereocenters. The van der Waals surface area contributed by atoms with Crippen molar-refractivity contribution >= 4 is 34.0 Å². The molecule has 28 heavy (non-hydrogen) atoms. The number of hydrogen-bond donors (Lipinski definition) is 2. The number of para-hydroxylation sites is 1. The maximum absolute atomic E-state index is 12.7. The fraction of sp³-hybridized carbons (Fsp3) is 0.238. The molecular weight excluding hydrogens is 372 g/mol. The minimum Gasteiger partial charge on any atom is -0.321 e. The highest BCUT2D eigenvalue weighted by molar-refractivity contribution is 7.15. The highest BCUT2D eigenvalue weighted by atomic mass is 32.1. The molecular formula is C21H22N4O2S. The van der Waals surface area contributed by atoms with Gasteiger partial charge in [0, 0.05) is 11.5 Å². The van der Waals surface area contributed by atoms with Gasteiger partial charge in [-0.05, 0) is 37.1 Å². The van der Waals surface area contributed by atoms with Crippen molar-refractivity contribution in [2.45, 2.75) is 32.6 Å². The van der Waals surface area contributed by atoms with Crippen molar-refractivity contribution in [3.05, 3.63) is 70.7 Å². The van der Waals surface area contributed by atoms with Gasteiger partial charge in [0.1, 0.15) is 5.01 Å². The van der Waals surface area contributed by atoms with Gasteiger partial charge < -0.3 is 5.32 Å². The molecule has 0 saturated heterocycles. The van der Waals surface area contributed by atoms with Crippen LogP contribution in [0.25, 0.3) is 0 Å². The summed E-state index contributed by atoms with van der Waals surface area (Å²) in [4.78, 5) is 25.2. The van der Waals surface area contributed by atoms with Gasteiger partial charge in [0.05, 0.1) is 11.3 Å². The zero-order valence-electron chi connectivity index (χ0n) is 15.8. The second-order valence-corrected chi connectivity index (χ2v) is 7.29. The van der Waals surface area contributed by atoms with Gasteiger partial charge in [0.15, 0.2) is 0 Å². The molecule has 0 atom stereocenters. The summed E-state index contributed by atoms with van der Waals surface area (Å²) >= 11 is 1.39. The van der Waals surface area contributed by atoms with Crippen LogP contribution >= 0.6 is 11.3 Å². The Morgan fingerprint density at radius 2 is 1.57 bits per heavy atom. The Balaban J connectivity index is 1.75. The van der Waals surface area contributed by atoms with Crippen LogP contribution in [-0.2, 0) is 0 Å². The molecule has 1 heterocycles. The monoisotopic (exact) mass is 394 g/mol. The molecule has 2 amide bonds. The summed E-state index contributed by atoms with van der Waals surface area (Å²) < 4.78 is 0. The molecule has 3 rings (SSSR count). The van der Waals surface area contributed by atoms with Crippen molar-refractivity contribution in [1.29, 1.82) is 0 Å². The predicted molar refractivity (Wildman–Crippen MR) is 112 cm³/mol. The number of carbonyl (C=O) groups excluding carboxylic acids is 2. The molecule has 0 bridgehead atoms. The first kappa shape index (κ1) is 19.7. The Morgan fingerprint density at radius 1 is 0.893 bits per heavy atom. The molecule has 1 aromatic heterocycles. The normalized spacial score (nSPS) is 10.7. The summed E-state index contributed by atoms with van der Waals surface area (Å²) in [5, 5.41) is 15.3. The number of nitrogens with zero attached hydrogens (tertiary/aromatic N) is 2. The Kier molecular flexibility index (Phi) is 6.49. The standard InChI is InChI=1S/C21H22N4O2S/c1-3-14(4-2)20-24-25-21(28-20)23-19(27)16-12-8-9-13-17(16)22-18(26)15-10-6-5-7-11-15/h5-14H,3-4H2,1-2H3,(H,22,26)(H,23,25,27). The van der Waals surface area contributed by atoms with Crippen molar-refractivity contribution in [2.24, 2.45) is 0 Å². The van der Waals surface area contributed by atoms with Crippen LogP contribution in [0.15, 0.2) is 54.6 Å². The Morgan fingerprint density at radius 3 is 2.29 bits per heavy atom. The smallest absolute Gasteiger partial charge is 0.259 e. The summed E-state index contributed by atoms with van der Waals surface area (Å²) in [6.45, 7) is 4.22. The third-order valence-electron chi connectivity index (χ3n) is 4.45. The van der Waals surface area contributed by atoms with Gasteiger partial charge >= 0.3 is 0 Å². The summed E-state index contributed by atoms with van der Waals surface area (Å²) in [6, 6.07) is 15.8. The second-order valence-electron chi connectivity index (χ2n) is 6.28. The number of benzene rings is 2. The maximum Gasteiger partial charge on any atom is 0.259 e. The van der Waals surface area contributed by atoms with E-state index >= 15 is 0 Å². The molecule has 0 aliphatic heterocycles. The van der Waals surface area contributed by atoms with Gasteiger partial charge in [0.25, 0.3) is 11.8 Å². The van der Waals surface area contributed by atoms with E-state index in [1.807, 2.05) is 6.07 Å². The first-order chi connectivity index (χ1) is 13.6. The topological polar surface area (TPSA) is 84.0 Å². The third kappa shape index (κ3) is 4.61. The molecule has 0 fully saturated rings. The van der Waals surface area contributed by atoms with Crippen LogP contribution in [-0.4, -0.2) is 22.0 Å². The molecule has 144 valence electrons. The molecule has 2 N–H and O–H groups in total. The number of amides is 2. The quantitative estimate of drug-likeness (QED) is 0.594. The van der Waals surface area contributed by atoms with Crippen LogP contribution in [0.5, 0.6) is 0 Å². The Hall–Kier alpha value is -3.06. The minimum absolute atomic E-state index is 0.271. The first-order valence-corrected chi connectivity index (χ1v) is 10.0. The van der Waals surface area contributed by atoms with Gasteiger partial charge in [-0.3, -0.25) is 14.9 Å². The lowest BCUT2D eigenvalue weighted by atomic mass is 10.1. The molecule has 3 aromatic rings. The van der Waals surface area contributed by atoms with Crippen molar-refractivity contribution < 1.29 is 9.59 Å². The van der Waals surface area contributed by atoms with Crippen LogP contribution in [0.2, 0.25) is 0 Å². The van der Waals surface area contributed by atoms with Crippen LogP contribution in [0.3, 0.4) is 0 Å². The number of carbonyl (C=O) groups is 2. The molecule has 7 heteroatoms. The van der Waals surface area contributed by atoms with E-state index in [1.54, 1.807) is 48.5 Å². The van der Waals surface area contributed by atoms with Gasteiger partial charge in [0.2, 0.25) is 5.13 Å². The fourth-order valence-electron chi connectivity index (χ4n) is 2.83. The minimum atomic E-state index is -0.337. The Bertz CT molecular complexity index is 952. The van der Waals surface area contributed by atoms with Gasteiger partial charge in [-0.1, -0.05) is 55.5 Å². The first-order valence-electron chi connectivity index (χ1n) is 9.22. The van der Waals surface area contributed by atoms with E-state index in [0.29, 0.717) is 27.9 Å². The number of aromatic nitrogens is 2. The van der Waals surface area contributed by atoms with Crippen LogP contribution in [0.4, 0.5) is 10.8 Å². The van der Waals surface area contributed by atoms with Crippen LogP contribution in [0.1, 0.15) is 58.3 Å². The fourth-order valence-corrected chi connectivity index (χ4v) is 3.83. The molecule has 2 aromatic carbocycles. The van der Waals surface area contributed by atoms with E-state index in [-0.39, 0.29) is 11.8 Å². The molecule has 6 nitrogen and oxygen atoms in total. The SMILES string of the molecule is CCC(CC)c1nnc(NC(=O)c2ccccc2NC(=O)c2ccccc2)s1. The average molecular weight is 395 g/mol. The molecule has 0 radical (unpaired) electrons. The molecule has 0 aliphatic carbocycles. The van der Waals surface area contributed by atoms with Crippen molar-refractivity contribution in [1.82, 2.24) is 10.2 Å². The van der Waals surface area contributed by atoms with E-state index in [0.717, 1.165) is 17.8 Å². The van der Waals surface area contributed by atoms with Gasteiger partial charge in [-0.25, -0.2) is 0 Å². The van der Waals surface area contributed by atoms with E-state index in [4.69, 9.17) is 0 Å². The molecule has 0 aliphatic rings. The average Bonchev–Trinajstić information content (AvgIpc) is 3.18. The number of rotatable bonds is 7. The van der Waals surface area contributed by atoms with Crippen molar-refractivity contribution in [2.75, 3.05) is 10.6 Å². The van der Waals surface area contributed by atoms with E-state index in [9.17, 15) is 9.59 Å². The third-order valence-corrected chi connectivity index (χ3v) is 5.45. The van der Waals surface area contributed by atoms with Crippen LogP contribution in [0, 0.1) is 0 Å². The summed E-state index contributed by atoms with van der Waals surface area (Å²) in [6.07, 6.45) is 1.96. The van der Waals surface area contributed by atoms with E-state index in [1.165, 1.54) is 11.3 Å². The highest BCUT2D eigenvalue weighted by Gasteiger charge is 2.18. The number of anilines is 2. The lowest BCUT2D eigenvalue weighted by molar-refractivity contribution is 0.102. The van der Waals surface area contributed by atoms with Crippen LogP contribution < -0.4 is 10.6 Å². The largest absolute Gasteiger partial charge is 0.321 e. The van der Waals surface area contributed by atoms with Gasteiger partial charge in [-0.15, -0.1) is 10.2 Å². The zero-order chi connectivity index (χ0) is 19.9. The zero-order valence-corrected chi connectivity index (χ0v) is 16.6. The summed E-state index contributed by atoms with van der Waals surface area (Å²) in [7, 11) is 0. The van der Waals surface area contributed by atoms with E-state index in [2.05, 4.69) is 34.7 Å².